The second-order valence-corrected chi connectivity index (χ2v) is 6.85. The van der Waals surface area contributed by atoms with Gasteiger partial charge in [-0.15, -0.1) is 0 Å². The topological polar surface area (TPSA) is 55.8 Å². The molecule has 1 saturated carbocycles. The molecule has 1 aliphatic carbocycles. The lowest BCUT2D eigenvalue weighted by Gasteiger charge is -2.30. The van der Waals surface area contributed by atoms with E-state index in [-0.39, 0.29) is 12.7 Å². The van der Waals surface area contributed by atoms with Crippen molar-refractivity contribution in [1.82, 2.24) is 0 Å². The van der Waals surface area contributed by atoms with E-state index in [1.54, 1.807) is 0 Å². The fourth-order valence-corrected chi connectivity index (χ4v) is 3.55. The highest BCUT2D eigenvalue weighted by molar-refractivity contribution is 5.67. The van der Waals surface area contributed by atoms with Crippen LogP contribution in [0.4, 0.5) is 0 Å². The standard InChI is InChI=1S/C22H26O4/c23-22(24)16-25-14-13-17-9-11-18(12-10-17)19-5-4-8-21(15-19)26-20-6-2-1-3-7-20/h1-3,6-7,9-12,19,21H,4-5,8,13-16H2,(H,23,24). The maximum Gasteiger partial charge on any atom is 0.329 e. The largest absolute Gasteiger partial charge is 0.490 e. The Kier molecular flexibility index (Phi) is 6.67. The summed E-state index contributed by atoms with van der Waals surface area (Å²) in [6.07, 6.45) is 5.57. The Labute approximate surface area is 154 Å². The highest BCUT2D eigenvalue weighted by atomic mass is 16.5. The van der Waals surface area contributed by atoms with Gasteiger partial charge in [-0.3, -0.25) is 0 Å². The molecule has 26 heavy (non-hydrogen) atoms. The van der Waals surface area contributed by atoms with E-state index < -0.39 is 5.97 Å². The highest BCUT2D eigenvalue weighted by Gasteiger charge is 2.24. The van der Waals surface area contributed by atoms with E-state index in [2.05, 4.69) is 24.3 Å². The number of carboxylic acids is 1. The molecule has 0 aliphatic heterocycles. The fourth-order valence-electron chi connectivity index (χ4n) is 3.55. The van der Waals surface area contributed by atoms with E-state index in [1.807, 2.05) is 30.3 Å². The number of aliphatic carboxylic acids is 1. The second-order valence-electron chi connectivity index (χ2n) is 6.85. The SMILES string of the molecule is O=C(O)COCCc1ccc(C2CCCC(Oc3ccccc3)C2)cc1. The monoisotopic (exact) mass is 354 g/mol. The summed E-state index contributed by atoms with van der Waals surface area (Å²) >= 11 is 0. The van der Waals surface area contributed by atoms with E-state index in [0.717, 1.165) is 25.0 Å². The lowest BCUT2D eigenvalue weighted by molar-refractivity contribution is -0.142. The Hall–Kier alpha value is -2.33. The van der Waals surface area contributed by atoms with Gasteiger partial charge >= 0.3 is 5.97 Å². The van der Waals surface area contributed by atoms with Crippen molar-refractivity contribution in [3.8, 4) is 5.75 Å². The van der Waals surface area contributed by atoms with Crippen LogP contribution in [-0.4, -0.2) is 30.4 Å². The van der Waals surface area contributed by atoms with Crippen LogP contribution >= 0.6 is 0 Å². The number of hydrogen-bond donors (Lipinski definition) is 1. The minimum absolute atomic E-state index is 0.233. The zero-order valence-electron chi connectivity index (χ0n) is 15.0. The molecule has 0 aromatic heterocycles. The number of benzene rings is 2. The summed E-state index contributed by atoms with van der Waals surface area (Å²) in [4.78, 5) is 10.4. The van der Waals surface area contributed by atoms with Crippen molar-refractivity contribution in [2.45, 2.75) is 44.1 Å². The molecular weight excluding hydrogens is 328 g/mol. The van der Waals surface area contributed by atoms with Crippen molar-refractivity contribution in [2.75, 3.05) is 13.2 Å². The van der Waals surface area contributed by atoms with Crippen LogP contribution in [0.3, 0.4) is 0 Å². The van der Waals surface area contributed by atoms with Gasteiger partial charge in [-0.05, 0) is 61.3 Å². The molecule has 138 valence electrons. The number of hydrogen-bond acceptors (Lipinski definition) is 3. The van der Waals surface area contributed by atoms with Crippen LogP contribution in [0.1, 0.15) is 42.7 Å². The van der Waals surface area contributed by atoms with Gasteiger partial charge < -0.3 is 14.6 Å². The van der Waals surface area contributed by atoms with E-state index >= 15 is 0 Å². The Bertz CT molecular complexity index is 681. The van der Waals surface area contributed by atoms with E-state index in [9.17, 15) is 4.79 Å². The first kappa shape index (κ1) is 18.5. The number of rotatable bonds is 8. The maximum absolute atomic E-state index is 10.4. The highest BCUT2D eigenvalue weighted by Crippen LogP contribution is 2.34. The molecule has 2 aromatic carbocycles. The van der Waals surface area contributed by atoms with Gasteiger partial charge in [-0.1, -0.05) is 42.5 Å². The third-order valence-electron chi connectivity index (χ3n) is 4.88. The Balaban J connectivity index is 1.51. The first-order chi connectivity index (χ1) is 12.7. The normalized spacial score (nSPS) is 19.8. The van der Waals surface area contributed by atoms with Gasteiger partial charge in [0.15, 0.2) is 0 Å². The Morgan fingerprint density at radius 3 is 2.54 bits per heavy atom. The molecule has 0 bridgehead atoms. The number of para-hydroxylation sites is 1. The third kappa shape index (κ3) is 5.60. The predicted octanol–water partition coefficient (Wildman–Crippen LogP) is 4.44. The molecule has 0 spiro atoms. The van der Waals surface area contributed by atoms with Crippen LogP contribution in [0.15, 0.2) is 54.6 Å². The van der Waals surface area contributed by atoms with Crippen LogP contribution in [-0.2, 0) is 16.0 Å². The van der Waals surface area contributed by atoms with Gasteiger partial charge in [0.1, 0.15) is 12.4 Å². The fraction of sp³-hybridized carbons (Fsp3) is 0.409. The van der Waals surface area contributed by atoms with Crippen molar-refractivity contribution in [3.05, 3.63) is 65.7 Å². The van der Waals surface area contributed by atoms with Gasteiger partial charge in [0.05, 0.1) is 12.7 Å². The van der Waals surface area contributed by atoms with E-state index in [0.29, 0.717) is 12.5 Å². The summed E-state index contributed by atoms with van der Waals surface area (Å²) < 4.78 is 11.3. The molecule has 2 atom stereocenters. The summed E-state index contributed by atoms with van der Waals surface area (Å²) in [7, 11) is 0. The average molecular weight is 354 g/mol. The minimum Gasteiger partial charge on any atom is -0.490 e. The summed E-state index contributed by atoms with van der Waals surface area (Å²) in [5.41, 5.74) is 2.54. The minimum atomic E-state index is -0.926. The molecule has 0 heterocycles. The van der Waals surface area contributed by atoms with E-state index in [1.165, 1.54) is 24.0 Å². The summed E-state index contributed by atoms with van der Waals surface area (Å²) in [5, 5.41) is 8.57. The van der Waals surface area contributed by atoms with Crippen LogP contribution < -0.4 is 4.74 Å². The lowest BCUT2D eigenvalue weighted by Crippen LogP contribution is -2.24. The zero-order chi connectivity index (χ0) is 18.2. The van der Waals surface area contributed by atoms with Crippen molar-refractivity contribution < 1.29 is 19.4 Å². The Morgan fingerprint density at radius 1 is 1.04 bits per heavy atom. The molecule has 4 heteroatoms. The summed E-state index contributed by atoms with van der Waals surface area (Å²) in [6.45, 7) is 0.199. The third-order valence-corrected chi connectivity index (χ3v) is 4.88. The molecule has 0 amide bonds. The number of carbonyl (C=O) groups is 1. The molecule has 0 radical (unpaired) electrons. The average Bonchev–Trinajstić information content (AvgIpc) is 2.67. The lowest BCUT2D eigenvalue weighted by atomic mass is 9.82. The summed E-state index contributed by atoms with van der Waals surface area (Å²) in [6, 6.07) is 18.7. The second kappa shape index (κ2) is 9.39. The molecule has 1 fully saturated rings. The predicted molar refractivity (Wildman–Crippen MR) is 101 cm³/mol. The molecule has 2 aromatic rings. The Morgan fingerprint density at radius 2 is 1.81 bits per heavy atom. The molecule has 0 saturated heterocycles. The van der Waals surface area contributed by atoms with Gasteiger partial charge in [-0.2, -0.15) is 0 Å². The van der Waals surface area contributed by atoms with Gasteiger partial charge in [0.2, 0.25) is 0 Å². The van der Waals surface area contributed by atoms with Crippen molar-refractivity contribution >= 4 is 5.97 Å². The maximum atomic E-state index is 10.4. The zero-order valence-corrected chi connectivity index (χ0v) is 15.0. The van der Waals surface area contributed by atoms with Gasteiger partial charge in [0.25, 0.3) is 0 Å². The first-order valence-electron chi connectivity index (χ1n) is 9.31. The van der Waals surface area contributed by atoms with E-state index in [4.69, 9.17) is 14.6 Å². The van der Waals surface area contributed by atoms with Crippen molar-refractivity contribution in [2.24, 2.45) is 0 Å². The smallest absolute Gasteiger partial charge is 0.329 e. The van der Waals surface area contributed by atoms with Crippen LogP contribution in [0.2, 0.25) is 0 Å². The molecule has 2 unspecified atom stereocenters. The molecule has 1 N–H and O–H groups in total. The first-order valence-corrected chi connectivity index (χ1v) is 9.31. The van der Waals surface area contributed by atoms with Gasteiger partial charge in [-0.25, -0.2) is 4.79 Å². The van der Waals surface area contributed by atoms with Crippen molar-refractivity contribution in [3.63, 3.8) is 0 Å². The molecule has 4 nitrogen and oxygen atoms in total. The molecule has 1 aliphatic rings. The van der Waals surface area contributed by atoms with Gasteiger partial charge in [0, 0.05) is 0 Å². The number of ether oxygens (including phenoxy) is 2. The quantitative estimate of drug-likeness (QED) is 0.712. The summed E-state index contributed by atoms with van der Waals surface area (Å²) in [5.74, 6) is 0.564. The number of carboxylic acid groups (broad SMARTS) is 1. The van der Waals surface area contributed by atoms with Crippen LogP contribution in [0.25, 0.3) is 0 Å². The molecule has 3 rings (SSSR count). The van der Waals surface area contributed by atoms with Crippen LogP contribution in [0, 0.1) is 0 Å². The van der Waals surface area contributed by atoms with Crippen molar-refractivity contribution in [1.29, 1.82) is 0 Å². The molecular formula is C22H26O4. The van der Waals surface area contributed by atoms with Crippen LogP contribution in [0.5, 0.6) is 5.75 Å².